The zero-order valence-electron chi connectivity index (χ0n) is 15.2. The molecule has 1 aliphatic heterocycles. The molecule has 28 heavy (non-hydrogen) atoms. The van der Waals surface area contributed by atoms with E-state index in [1.807, 2.05) is 60.7 Å². The quantitative estimate of drug-likeness (QED) is 0.411. The fourth-order valence-corrected chi connectivity index (χ4v) is 3.12. The van der Waals surface area contributed by atoms with Crippen LogP contribution >= 0.6 is 0 Å². The van der Waals surface area contributed by atoms with Crippen molar-refractivity contribution in [2.24, 2.45) is 5.11 Å². The number of ether oxygens (including phenoxy) is 3. The molecular weight excluding hydrogens is 362 g/mol. The molecule has 1 heterocycles. The van der Waals surface area contributed by atoms with Gasteiger partial charge in [-0.3, -0.25) is 0 Å². The molecule has 8 heteroatoms. The molecule has 0 spiro atoms. The Kier molecular flexibility index (Phi) is 7.39. The van der Waals surface area contributed by atoms with Crippen molar-refractivity contribution in [2.45, 2.75) is 43.9 Å². The normalized spacial score (nSPS) is 27.1. The van der Waals surface area contributed by atoms with Gasteiger partial charge in [0.25, 0.3) is 0 Å². The standard InChI is InChI=1S/C20H23N3O5/c21-23-22-20-19(27-13-15-9-5-2-6-10-15)17(25)18(16(11-24)28-20)26-12-14-7-3-1-4-8-14/h1-10,16-20,24-25H,11-13H2/t16-,17+,18-,19-,20?/m1/s1. The van der Waals surface area contributed by atoms with Crippen LogP contribution in [-0.4, -0.2) is 47.5 Å². The van der Waals surface area contributed by atoms with E-state index in [0.717, 1.165) is 11.1 Å². The van der Waals surface area contributed by atoms with Crippen molar-refractivity contribution >= 4 is 0 Å². The minimum atomic E-state index is -1.14. The molecular formula is C20H23N3O5. The van der Waals surface area contributed by atoms with E-state index in [-0.39, 0.29) is 19.8 Å². The topological polar surface area (TPSA) is 117 Å². The summed E-state index contributed by atoms with van der Waals surface area (Å²) in [5, 5.41) is 24.1. The SMILES string of the molecule is [N-]=[N+]=NC1O[C@H](CO)[C@@H](OCc2ccccc2)[C@H](O)[C@H]1OCc1ccccc1. The molecule has 0 radical (unpaired) electrons. The van der Waals surface area contributed by atoms with Gasteiger partial charge in [-0.2, -0.15) is 0 Å². The van der Waals surface area contributed by atoms with Gasteiger partial charge in [-0.05, 0) is 16.7 Å². The molecule has 1 aliphatic rings. The summed E-state index contributed by atoms with van der Waals surface area (Å²) in [5.41, 5.74) is 10.7. The van der Waals surface area contributed by atoms with Crippen LogP contribution in [0.3, 0.4) is 0 Å². The van der Waals surface area contributed by atoms with Gasteiger partial charge in [0.2, 0.25) is 0 Å². The van der Waals surface area contributed by atoms with Gasteiger partial charge in [-0.25, -0.2) is 0 Å². The number of benzene rings is 2. The Morgan fingerprint density at radius 2 is 1.46 bits per heavy atom. The molecule has 1 fully saturated rings. The number of aliphatic hydroxyl groups is 2. The Bertz CT molecular complexity index is 770. The van der Waals surface area contributed by atoms with Gasteiger partial charge >= 0.3 is 0 Å². The molecule has 3 rings (SSSR count). The molecule has 0 bridgehead atoms. The van der Waals surface area contributed by atoms with Gasteiger partial charge < -0.3 is 24.4 Å². The molecule has 2 aromatic rings. The molecule has 2 aromatic carbocycles. The number of hydrogen-bond donors (Lipinski definition) is 2. The summed E-state index contributed by atoms with van der Waals surface area (Å²) in [7, 11) is 0. The highest BCUT2D eigenvalue weighted by atomic mass is 16.6. The van der Waals surface area contributed by atoms with Crippen LogP contribution in [0.25, 0.3) is 10.4 Å². The van der Waals surface area contributed by atoms with E-state index in [1.54, 1.807) is 0 Å². The van der Waals surface area contributed by atoms with Crippen molar-refractivity contribution in [3.63, 3.8) is 0 Å². The molecule has 1 saturated heterocycles. The lowest BCUT2D eigenvalue weighted by Crippen LogP contribution is -2.59. The first-order chi connectivity index (χ1) is 13.7. The van der Waals surface area contributed by atoms with Gasteiger partial charge in [0.05, 0.1) is 19.8 Å². The predicted octanol–water partition coefficient (Wildman–Crippen LogP) is 2.55. The molecule has 0 amide bonds. The lowest BCUT2D eigenvalue weighted by molar-refractivity contribution is -0.255. The highest BCUT2D eigenvalue weighted by Crippen LogP contribution is 2.28. The second-order valence-electron chi connectivity index (χ2n) is 6.47. The summed E-state index contributed by atoms with van der Waals surface area (Å²) in [6.07, 6.45) is -4.83. The van der Waals surface area contributed by atoms with Crippen LogP contribution in [0.1, 0.15) is 11.1 Å². The monoisotopic (exact) mass is 385 g/mol. The Labute approximate surface area is 162 Å². The Balaban J connectivity index is 1.72. The first-order valence-corrected chi connectivity index (χ1v) is 9.02. The maximum Gasteiger partial charge on any atom is 0.165 e. The van der Waals surface area contributed by atoms with Crippen molar-refractivity contribution in [3.05, 3.63) is 82.2 Å². The van der Waals surface area contributed by atoms with Crippen molar-refractivity contribution in [3.8, 4) is 0 Å². The fraction of sp³-hybridized carbons (Fsp3) is 0.400. The van der Waals surface area contributed by atoms with Crippen molar-refractivity contribution in [1.82, 2.24) is 0 Å². The summed E-state index contributed by atoms with van der Waals surface area (Å²) in [6.45, 7) is 0.0535. The third-order valence-electron chi connectivity index (χ3n) is 4.55. The van der Waals surface area contributed by atoms with Crippen molar-refractivity contribution in [2.75, 3.05) is 6.61 Å². The minimum Gasteiger partial charge on any atom is -0.394 e. The lowest BCUT2D eigenvalue weighted by Gasteiger charge is -2.42. The Morgan fingerprint density at radius 3 is 1.96 bits per heavy atom. The van der Waals surface area contributed by atoms with E-state index in [0.29, 0.717) is 0 Å². The van der Waals surface area contributed by atoms with E-state index in [9.17, 15) is 10.2 Å². The molecule has 5 atom stereocenters. The first kappa shape index (κ1) is 20.3. The van der Waals surface area contributed by atoms with Crippen LogP contribution in [0.5, 0.6) is 0 Å². The van der Waals surface area contributed by atoms with E-state index in [2.05, 4.69) is 10.0 Å². The summed E-state index contributed by atoms with van der Waals surface area (Å²) < 4.78 is 17.3. The van der Waals surface area contributed by atoms with Crippen LogP contribution in [0.4, 0.5) is 0 Å². The van der Waals surface area contributed by atoms with Gasteiger partial charge in [-0.15, -0.1) is 0 Å². The van der Waals surface area contributed by atoms with Crippen LogP contribution < -0.4 is 0 Å². The molecule has 148 valence electrons. The maximum absolute atomic E-state index is 10.9. The maximum atomic E-state index is 10.9. The van der Waals surface area contributed by atoms with Gasteiger partial charge in [0.15, 0.2) is 6.23 Å². The van der Waals surface area contributed by atoms with Crippen molar-refractivity contribution < 1.29 is 24.4 Å². The van der Waals surface area contributed by atoms with Crippen LogP contribution in [0.2, 0.25) is 0 Å². The third-order valence-corrected chi connectivity index (χ3v) is 4.55. The van der Waals surface area contributed by atoms with Gasteiger partial charge in [0.1, 0.15) is 24.4 Å². The molecule has 0 saturated carbocycles. The van der Waals surface area contributed by atoms with Gasteiger partial charge in [-0.1, -0.05) is 65.8 Å². The highest BCUT2D eigenvalue weighted by molar-refractivity contribution is 5.14. The first-order valence-electron chi connectivity index (χ1n) is 9.02. The molecule has 2 N–H and O–H groups in total. The van der Waals surface area contributed by atoms with Crippen LogP contribution in [-0.2, 0) is 27.4 Å². The summed E-state index contributed by atoms with van der Waals surface area (Å²) >= 11 is 0. The number of azide groups is 1. The largest absolute Gasteiger partial charge is 0.394 e. The number of hydrogen-bond acceptors (Lipinski definition) is 6. The van der Waals surface area contributed by atoms with Crippen LogP contribution in [0.15, 0.2) is 65.8 Å². The summed E-state index contributed by atoms with van der Waals surface area (Å²) in [6, 6.07) is 18.9. The predicted molar refractivity (Wildman–Crippen MR) is 101 cm³/mol. The lowest BCUT2D eigenvalue weighted by atomic mass is 9.98. The third kappa shape index (κ3) is 5.08. The molecule has 8 nitrogen and oxygen atoms in total. The molecule has 0 aromatic heterocycles. The average Bonchev–Trinajstić information content (AvgIpc) is 2.74. The Hall–Kier alpha value is -2.45. The minimum absolute atomic E-state index is 0.207. The molecule has 0 aliphatic carbocycles. The van der Waals surface area contributed by atoms with E-state index >= 15 is 0 Å². The zero-order valence-corrected chi connectivity index (χ0v) is 15.2. The summed E-state index contributed by atoms with van der Waals surface area (Å²) in [5.74, 6) is 0. The number of aliphatic hydroxyl groups excluding tert-OH is 2. The fourth-order valence-electron chi connectivity index (χ4n) is 3.12. The van der Waals surface area contributed by atoms with Crippen LogP contribution in [0, 0.1) is 0 Å². The summed E-state index contributed by atoms with van der Waals surface area (Å²) in [4.78, 5) is 2.77. The van der Waals surface area contributed by atoms with E-state index in [4.69, 9.17) is 19.7 Å². The molecule has 1 unspecified atom stereocenters. The zero-order chi connectivity index (χ0) is 19.8. The van der Waals surface area contributed by atoms with Crippen molar-refractivity contribution in [1.29, 1.82) is 0 Å². The van der Waals surface area contributed by atoms with E-state index in [1.165, 1.54) is 0 Å². The second-order valence-corrected chi connectivity index (χ2v) is 6.47. The Morgan fingerprint density at radius 1 is 0.929 bits per heavy atom. The van der Waals surface area contributed by atoms with E-state index < -0.39 is 30.6 Å². The van der Waals surface area contributed by atoms with Gasteiger partial charge in [0, 0.05) is 4.91 Å². The number of nitrogens with zero attached hydrogens (tertiary/aromatic N) is 3. The smallest absolute Gasteiger partial charge is 0.165 e. The second kappa shape index (κ2) is 10.2. The number of rotatable bonds is 8. The highest BCUT2D eigenvalue weighted by Gasteiger charge is 2.46. The average molecular weight is 385 g/mol.